The van der Waals surface area contributed by atoms with Crippen LogP contribution in [0.3, 0.4) is 0 Å². The van der Waals surface area contributed by atoms with Crippen molar-refractivity contribution in [1.29, 1.82) is 0 Å². The summed E-state index contributed by atoms with van der Waals surface area (Å²) >= 11 is 5.60. The highest BCUT2D eigenvalue weighted by Crippen LogP contribution is 2.19. The van der Waals surface area contributed by atoms with Gasteiger partial charge >= 0.3 is 0 Å². The van der Waals surface area contributed by atoms with Gasteiger partial charge in [-0.3, -0.25) is 0 Å². The van der Waals surface area contributed by atoms with Crippen molar-refractivity contribution in [1.82, 2.24) is 5.32 Å². The van der Waals surface area contributed by atoms with Crippen LogP contribution in [0.2, 0.25) is 5.02 Å². The second kappa shape index (κ2) is 6.50. The van der Waals surface area contributed by atoms with E-state index >= 15 is 0 Å². The zero-order valence-corrected chi connectivity index (χ0v) is 12.0. The molecule has 0 heterocycles. The van der Waals surface area contributed by atoms with E-state index in [0.717, 1.165) is 5.56 Å². The molecule has 0 amide bonds. The van der Waals surface area contributed by atoms with Crippen LogP contribution >= 0.6 is 11.6 Å². The summed E-state index contributed by atoms with van der Waals surface area (Å²) in [7, 11) is -2.92. The SMILES string of the molecule is CC(NCCCS(C)(=O)=O)c1ccc(Cl)c(F)c1. The molecular weight excluding hydrogens is 277 g/mol. The average Bonchev–Trinajstić information content (AvgIpc) is 2.26. The number of hydrogen-bond donors (Lipinski definition) is 1. The molecule has 1 N–H and O–H groups in total. The lowest BCUT2D eigenvalue weighted by atomic mass is 10.1. The Labute approximate surface area is 112 Å². The summed E-state index contributed by atoms with van der Waals surface area (Å²) in [6, 6.07) is 4.60. The van der Waals surface area contributed by atoms with E-state index in [4.69, 9.17) is 11.6 Å². The summed E-state index contributed by atoms with van der Waals surface area (Å²) < 4.78 is 35.1. The van der Waals surface area contributed by atoms with Crippen LogP contribution in [0.1, 0.15) is 24.9 Å². The molecule has 0 aromatic heterocycles. The fourth-order valence-electron chi connectivity index (χ4n) is 1.55. The summed E-state index contributed by atoms with van der Waals surface area (Å²) in [6.07, 6.45) is 1.75. The predicted octanol–water partition coefficient (Wildman–Crippen LogP) is 2.56. The highest BCUT2D eigenvalue weighted by molar-refractivity contribution is 7.90. The highest BCUT2D eigenvalue weighted by Gasteiger charge is 2.08. The Hall–Kier alpha value is -0.650. The molecule has 1 rings (SSSR count). The van der Waals surface area contributed by atoms with E-state index in [1.165, 1.54) is 18.4 Å². The van der Waals surface area contributed by atoms with Crippen molar-refractivity contribution in [2.45, 2.75) is 19.4 Å². The third-order valence-corrected chi connectivity index (χ3v) is 3.92. The Bertz CT molecular complexity index is 505. The largest absolute Gasteiger partial charge is 0.310 e. The Morgan fingerprint density at radius 1 is 1.44 bits per heavy atom. The maximum Gasteiger partial charge on any atom is 0.147 e. The Morgan fingerprint density at radius 2 is 2.11 bits per heavy atom. The van der Waals surface area contributed by atoms with Gasteiger partial charge in [0.15, 0.2) is 0 Å². The van der Waals surface area contributed by atoms with Crippen LogP contribution < -0.4 is 5.32 Å². The lowest BCUT2D eigenvalue weighted by Gasteiger charge is -2.14. The number of rotatable bonds is 6. The maximum atomic E-state index is 13.2. The van der Waals surface area contributed by atoms with Crippen LogP contribution in [0.25, 0.3) is 0 Å². The van der Waals surface area contributed by atoms with Crippen molar-refractivity contribution < 1.29 is 12.8 Å². The fraction of sp³-hybridized carbons (Fsp3) is 0.500. The van der Waals surface area contributed by atoms with Gasteiger partial charge in [0.25, 0.3) is 0 Å². The summed E-state index contributed by atoms with van der Waals surface area (Å²) in [5.74, 6) is -0.291. The minimum atomic E-state index is -2.92. The van der Waals surface area contributed by atoms with Gasteiger partial charge < -0.3 is 5.32 Å². The van der Waals surface area contributed by atoms with E-state index in [1.807, 2.05) is 6.92 Å². The molecule has 18 heavy (non-hydrogen) atoms. The van der Waals surface area contributed by atoms with Gasteiger partial charge in [0.05, 0.1) is 10.8 Å². The normalized spacial score (nSPS) is 13.6. The first-order chi connectivity index (χ1) is 8.29. The van der Waals surface area contributed by atoms with Crippen LogP contribution in [-0.4, -0.2) is 27.0 Å². The monoisotopic (exact) mass is 293 g/mol. The first-order valence-corrected chi connectivity index (χ1v) is 8.09. The van der Waals surface area contributed by atoms with Gasteiger partial charge in [-0.15, -0.1) is 0 Å². The number of nitrogens with one attached hydrogen (secondary N) is 1. The Balaban J connectivity index is 2.45. The fourth-order valence-corrected chi connectivity index (χ4v) is 2.34. The molecule has 0 saturated carbocycles. The molecule has 6 heteroatoms. The average molecular weight is 294 g/mol. The molecule has 0 radical (unpaired) electrons. The van der Waals surface area contributed by atoms with Gasteiger partial charge in [-0.1, -0.05) is 17.7 Å². The number of hydrogen-bond acceptors (Lipinski definition) is 3. The molecule has 0 aliphatic carbocycles. The summed E-state index contributed by atoms with van der Waals surface area (Å²) in [4.78, 5) is 0. The lowest BCUT2D eigenvalue weighted by Crippen LogP contribution is -2.22. The highest BCUT2D eigenvalue weighted by atomic mass is 35.5. The maximum absolute atomic E-state index is 13.2. The van der Waals surface area contributed by atoms with Gasteiger partial charge in [0, 0.05) is 12.3 Å². The molecule has 0 fully saturated rings. The molecule has 1 unspecified atom stereocenters. The van der Waals surface area contributed by atoms with Crippen LogP contribution in [0.4, 0.5) is 4.39 Å². The van der Waals surface area contributed by atoms with Crippen LogP contribution in [-0.2, 0) is 9.84 Å². The topological polar surface area (TPSA) is 46.2 Å². The van der Waals surface area contributed by atoms with Gasteiger partial charge in [-0.25, -0.2) is 12.8 Å². The van der Waals surface area contributed by atoms with Crippen LogP contribution in [0, 0.1) is 5.82 Å². The third-order valence-electron chi connectivity index (χ3n) is 2.59. The number of halogens is 2. The molecule has 0 saturated heterocycles. The quantitative estimate of drug-likeness (QED) is 0.820. The molecule has 3 nitrogen and oxygen atoms in total. The smallest absolute Gasteiger partial charge is 0.147 e. The molecular formula is C12H17ClFNO2S. The molecule has 0 bridgehead atoms. The molecule has 1 atom stereocenters. The van der Waals surface area contributed by atoms with Crippen LogP contribution in [0.15, 0.2) is 18.2 Å². The minimum absolute atomic E-state index is 0.0451. The van der Waals surface area contributed by atoms with E-state index < -0.39 is 15.7 Å². The van der Waals surface area contributed by atoms with Crippen LogP contribution in [0.5, 0.6) is 0 Å². The predicted molar refractivity (Wildman–Crippen MR) is 72.2 cm³/mol. The van der Waals surface area contributed by atoms with E-state index in [0.29, 0.717) is 13.0 Å². The molecule has 0 aliphatic rings. The van der Waals surface area contributed by atoms with Crippen molar-refractivity contribution >= 4 is 21.4 Å². The van der Waals surface area contributed by atoms with E-state index in [-0.39, 0.29) is 16.8 Å². The number of sulfone groups is 1. The van der Waals surface area contributed by atoms with Crippen molar-refractivity contribution in [2.24, 2.45) is 0 Å². The summed E-state index contributed by atoms with van der Waals surface area (Å²) in [6.45, 7) is 2.46. The second-order valence-electron chi connectivity index (χ2n) is 4.33. The van der Waals surface area contributed by atoms with Gasteiger partial charge in [0.1, 0.15) is 15.7 Å². The summed E-state index contributed by atoms with van der Waals surface area (Å²) in [5, 5.41) is 3.24. The van der Waals surface area contributed by atoms with Gasteiger partial charge in [-0.2, -0.15) is 0 Å². The van der Waals surface area contributed by atoms with E-state index in [2.05, 4.69) is 5.32 Å². The third kappa shape index (κ3) is 5.33. The standard InChI is InChI=1S/C12H17ClFNO2S/c1-9(15-6-3-7-18(2,16)17)10-4-5-11(13)12(14)8-10/h4-5,8-9,15H,3,6-7H2,1-2H3. The summed E-state index contributed by atoms with van der Waals surface area (Å²) in [5.41, 5.74) is 0.788. The molecule has 0 aliphatic heterocycles. The van der Waals surface area contributed by atoms with Crippen molar-refractivity contribution in [3.63, 3.8) is 0 Å². The second-order valence-corrected chi connectivity index (χ2v) is 7.00. The molecule has 102 valence electrons. The van der Waals surface area contributed by atoms with Gasteiger partial charge in [-0.05, 0) is 37.6 Å². The van der Waals surface area contributed by atoms with E-state index in [1.54, 1.807) is 6.07 Å². The Morgan fingerprint density at radius 3 is 2.67 bits per heavy atom. The Kier molecular flexibility index (Phi) is 5.56. The number of benzene rings is 1. The van der Waals surface area contributed by atoms with Crippen molar-refractivity contribution in [3.8, 4) is 0 Å². The molecule has 1 aromatic carbocycles. The van der Waals surface area contributed by atoms with Crippen molar-refractivity contribution in [3.05, 3.63) is 34.6 Å². The molecule has 1 aromatic rings. The minimum Gasteiger partial charge on any atom is -0.310 e. The first-order valence-electron chi connectivity index (χ1n) is 5.65. The lowest BCUT2D eigenvalue weighted by molar-refractivity contribution is 0.556. The van der Waals surface area contributed by atoms with Gasteiger partial charge in [0.2, 0.25) is 0 Å². The van der Waals surface area contributed by atoms with Crippen molar-refractivity contribution in [2.75, 3.05) is 18.6 Å². The first kappa shape index (κ1) is 15.4. The zero-order valence-electron chi connectivity index (χ0n) is 10.4. The van der Waals surface area contributed by atoms with E-state index in [9.17, 15) is 12.8 Å². The molecule has 0 spiro atoms. The zero-order chi connectivity index (χ0) is 13.8.